The van der Waals surface area contributed by atoms with Crippen LogP contribution in [0.3, 0.4) is 0 Å². The fraction of sp³-hybridized carbons (Fsp3) is 0.130. The SMILES string of the molecule is NCC[C@@H](C(=O)Nc1ccc2[nH]nc(-c3ccccc3)c2c1)c1c(F)ccc(Cl)c1F. The molecule has 1 amide bonds. The zero-order chi connectivity index (χ0) is 22.0. The molecule has 0 aliphatic heterocycles. The van der Waals surface area contributed by atoms with Gasteiger partial charge < -0.3 is 11.1 Å². The van der Waals surface area contributed by atoms with E-state index in [1.165, 1.54) is 0 Å². The Morgan fingerprint density at radius 2 is 1.90 bits per heavy atom. The largest absolute Gasteiger partial charge is 0.330 e. The zero-order valence-electron chi connectivity index (χ0n) is 16.3. The number of H-pyrrole nitrogens is 1. The quantitative estimate of drug-likeness (QED) is 0.359. The van der Waals surface area contributed by atoms with Crippen molar-refractivity contribution in [2.24, 2.45) is 5.73 Å². The summed E-state index contributed by atoms with van der Waals surface area (Å²) in [6.07, 6.45) is 0.0588. The average molecular weight is 441 g/mol. The van der Waals surface area contributed by atoms with Crippen LogP contribution in [0.25, 0.3) is 22.2 Å². The maximum atomic E-state index is 14.5. The number of hydrogen-bond acceptors (Lipinski definition) is 3. The van der Waals surface area contributed by atoms with Crippen LogP contribution in [-0.4, -0.2) is 22.6 Å². The molecule has 1 heterocycles. The number of amides is 1. The number of carbonyl (C=O) groups excluding carboxylic acids is 1. The van der Waals surface area contributed by atoms with Crippen molar-refractivity contribution in [2.45, 2.75) is 12.3 Å². The zero-order valence-corrected chi connectivity index (χ0v) is 17.1. The minimum atomic E-state index is -1.13. The molecule has 4 aromatic rings. The van der Waals surface area contributed by atoms with Gasteiger partial charge in [0, 0.05) is 22.2 Å². The summed E-state index contributed by atoms with van der Waals surface area (Å²) >= 11 is 5.81. The van der Waals surface area contributed by atoms with Gasteiger partial charge in [-0.3, -0.25) is 9.89 Å². The third-order valence-corrected chi connectivity index (χ3v) is 5.37. The van der Waals surface area contributed by atoms with Crippen LogP contribution < -0.4 is 11.1 Å². The van der Waals surface area contributed by atoms with Crippen molar-refractivity contribution in [1.82, 2.24) is 10.2 Å². The van der Waals surface area contributed by atoms with Gasteiger partial charge in [-0.2, -0.15) is 5.10 Å². The number of hydrogen-bond donors (Lipinski definition) is 3. The van der Waals surface area contributed by atoms with Gasteiger partial charge in [-0.1, -0.05) is 41.9 Å². The van der Waals surface area contributed by atoms with E-state index < -0.39 is 23.5 Å². The van der Waals surface area contributed by atoms with Crippen molar-refractivity contribution in [3.8, 4) is 11.3 Å². The molecule has 3 aromatic carbocycles. The molecule has 0 radical (unpaired) electrons. The topological polar surface area (TPSA) is 83.8 Å². The van der Waals surface area contributed by atoms with E-state index >= 15 is 0 Å². The van der Waals surface area contributed by atoms with Gasteiger partial charge in [-0.25, -0.2) is 8.78 Å². The molecule has 0 aliphatic carbocycles. The van der Waals surface area contributed by atoms with Gasteiger partial charge in [0.25, 0.3) is 0 Å². The monoisotopic (exact) mass is 440 g/mol. The molecule has 0 fully saturated rings. The molecule has 0 spiro atoms. The number of aromatic amines is 1. The van der Waals surface area contributed by atoms with Gasteiger partial charge >= 0.3 is 0 Å². The van der Waals surface area contributed by atoms with Crippen molar-refractivity contribution < 1.29 is 13.6 Å². The lowest BCUT2D eigenvalue weighted by Crippen LogP contribution is -2.25. The van der Waals surface area contributed by atoms with E-state index in [0.717, 1.165) is 34.3 Å². The van der Waals surface area contributed by atoms with Crippen LogP contribution in [-0.2, 0) is 4.79 Å². The molecule has 4 rings (SSSR count). The van der Waals surface area contributed by atoms with E-state index in [1.807, 2.05) is 30.3 Å². The fourth-order valence-corrected chi connectivity index (χ4v) is 3.74. The van der Waals surface area contributed by atoms with Crippen molar-refractivity contribution >= 4 is 34.1 Å². The molecule has 1 aromatic heterocycles. The molecule has 0 bridgehead atoms. The smallest absolute Gasteiger partial charge is 0.232 e. The first kappa shape index (κ1) is 21.0. The number of aromatic nitrogens is 2. The second-order valence-electron chi connectivity index (χ2n) is 7.07. The Morgan fingerprint density at radius 3 is 2.65 bits per heavy atom. The summed E-state index contributed by atoms with van der Waals surface area (Å²) in [4.78, 5) is 13.0. The number of anilines is 1. The molecule has 1 atom stereocenters. The molecule has 8 heteroatoms. The lowest BCUT2D eigenvalue weighted by Gasteiger charge is -2.18. The molecule has 0 unspecified atom stereocenters. The number of nitrogens with two attached hydrogens (primary N) is 1. The lowest BCUT2D eigenvalue weighted by molar-refractivity contribution is -0.117. The molecule has 31 heavy (non-hydrogen) atoms. The third-order valence-electron chi connectivity index (χ3n) is 5.08. The highest BCUT2D eigenvalue weighted by molar-refractivity contribution is 6.30. The van der Waals surface area contributed by atoms with Crippen LogP contribution >= 0.6 is 11.6 Å². The Bertz CT molecular complexity index is 1240. The van der Waals surface area contributed by atoms with Crippen molar-refractivity contribution in [1.29, 1.82) is 0 Å². The second kappa shape index (κ2) is 8.83. The first-order valence-corrected chi connectivity index (χ1v) is 10.0. The van der Waals surface area contributed by atoms with Gasteiger partial charge in [0.1, 0.15) is 11.6 Å². The van der Waals surface area contributed by atoms with Crippen LogP contribution in [0.4, 0.5) is 14.5 Å². The Balaban J connectivity index is 1.68. The average Bonchev–Trinajstić information content (AvgIpc) is 3.20. The fourth-order valence-electron chi connectivity index (χ4n) is 3.57. The summed E-state index contributed by atoms with van der Waals surface area (Å²) in [5.41, 5.74) is 8.14. The molecular weight excluding hydrogens is 422 g/mol. The summed E-state index contributed by atoms with van der Waals surface area (Å²) in [6, 6.07) is 17.0. The number of fused-ring (bicyclic) bond motifs is 1. The Kier molecular flexibility index (Phi) is 5.97. The van der Waals surface area contributed by atoms with Crippen molar-refractivity contribution in [2.75, 3.05) is 11.9 Å². The molecular formula is C23H19ClF2N4O. The van der Waals surface area contributed by atoms with Gasteiger partial charge in [-0.15, -0.1) is 0 Å². The minimum absolute atomic E-state index is 0.0588. The highest BCUT2D eigenvalue weighted by Gasteiger charge is 2.28. The molecule has 4 N–H and O–H groups in total. The highest BCUT2D eigenvalue weighted by Crippen LogP contribution is 2.32. The molecule has 0 aliphatic rings. The van der Waals surface area contributed by atoms with E-state index in [0.29, 0.717) is 5.69 Å². The van der Waals surface area contributed by atoms with E-state index in [1.54, 1.807) is 18.2 Å². The number of halogens is 3. The molecule has 158 valence electrons. The van der Waals surface area contributed by atoms with Crippen LogP contribution in [0.5, 0.6) is 0 Å². The predicted octanol–water partition coefficient (Wildman–Crippen LogP) is 5.23. The number of nitrogens with one attached hydrogen (secondary N) is 2. The van der Waals surface area contributed by atoms with Gasteiger partial charge in [-0.05, 0) is 43.3 Å². The standard InChI is InChI=1S/C23H19ClF2N4O/c24-17-7-8-18(25)20(21(17)26)15(10-11-27)23(31)28-14-6-9-19-16(12-14)22(30-29-19)13-4-2-1-3-5-13/h1-9,12,15H,10-11,27H2,(H,28,31)(H,29,30)/t15-/m1/s1. The van der Waals surface area contributed by atoms with Crippen LogP contribution in [0.2, 0.25) is 5.02 Å². The summed E-state index contributed by atoms with van der Waals surface area (Å²) in [5.74, 6) is -3.49. The van der Waals surface area contributed by atoms with E-state index in [4.69, 9.17) is 17.3 Å². The van der Waals surface area contributed by atoms with Crippen LogP contribution in [0.1, 0.15) is 17.9 Å². The maximum Gasteiger partial charge on any atom is 0.232 e. The van der Waals surface area contributed by atoms with E-state index in [9.17, 15) is 13.6 Å². The van der Waals surface area contributed by atoms with E-state index in [2.05, 4.69) is 15.5 Å². The van der Waals surface area contributed by atoms with Crippen LogP contribution in [0.15, 0.2) is 60.7 Å². The minimum Gasteiger partial charge on any atom is -0.330 e. The van der Waals surface area contributed by atoms with Gasteiger partial charge in [0.15, 0.2) is 0 Å². The van der Waals surface area contributed by atoms with Crippen LogP contribution in [0, 0.1) is 11.6 Å². The van der Waals surface area contributed by atoms with Crippen molar-refractivity contribution in [3.05, 3.63) is 82.9 Å². The Morgan fingerprint density at radius 1 is 1.13 bits per heavy atom. The summed E-state index contributed by atoms with van der Waals surface area (Å²) in [6.45, 7) is 0.0718. The maximum absolute atomic E-state index is 14.5. The molecule has 5 nitrogen and oxygen atoms in total. The number of benzene rings is 3. The predicted molar refractivity (Wildman–Crippen MR) is 118 cm³/mol. The van der Waals surface area contributed by atoms with Gasteiger partial charge in [0.05, 0.1) is 22.2 Å². The molecule has 0 saturated carbocycles. The summed E-state index contributed by atoms with van der Waals surface area (Å²) < 4.78 is 28.9. The Hall–Kier alpha value is -3.29. The highest BCUT2D eigenvalue weighted by atomic mass is 35.5. The third kappa shape index (κ3) is 4.15. The first-order chi connectivity index (χ1) is 15.0. The number of rotatable bonds is 6. The summed E-state index contributed by atoms with van der Waals surface area (Å²) in [7, 11) is 0. The summed E-state index contributed by atoms with van der Waals surface area (Å²) in [5, 5.41) is 10.6. The van der Waals surface area contributed by atoms with Gasteiger partial charge in [0.2, 0.25) is 5.91 Å². The number of carbonyl (C=O) groups is 1. The first-order valence-electron chi connectivity index (χ1n) is 9.67. The normalized spacial score (nSPS) is 12.1. The second-order valence-corrected chi connectivity index (χ2v) is 7.48. The Labute approximate surface area is 182 Å². The lowest BCUT2D eigenvalue weighted by atomic mass is 9.93. The van der Waals surface area contributed by atoms with E-state index in [-0.39, 0.29) is 23.6 Å². The van der Waals surface area contributed by atoms with Crippen molar-refractivity contribution in [3.63, 3.8) is 0 Å². The number of nitrogens with zero attached hydrogens (tertiary/aromatic N) is 1. The molecule has 0 saturated heterocycles.